The molecule has 1 aliphatic heterocycles. The zero-order chi connectivity index (χ0) is 15.0. The molecule has 2 aliphatic rings. The summed E-state index contributed by atoms with van der Waals surface area (Å²) in [6.45, 7) is 3.48. The molecule has 1 aromatic heterocycles. The number of morpholine rings is 1. The van der Waals surface area contributed by atoms with Gasteiger partial charge in [-0.1, -0.05) is 0 Å². The number of nitrogens with zero attached hydrogens (tertiary/aromatic N) is 1. The van der Waals surface area contributed by atoms with Crippen molar-refractivity contribution in [1.29, 1.82) is 0 Å². The zero-order valence-corrected chi connectivity index (χ0v) is 12.8. The van der Waals surface area contributed by atoms with E-state index < -0.39 is 5.97 Å². The first-order valence-electron chi connectivity index (χ1n) is 7.23. The summed E-state index contributed by atoms with van der Waals surface area (Å²) < 4.78 is 5.41. The van der Waals surface area contributed by atoms with Crippen molar-refractivity contribution in [3.63, 3.8) is 0 Å². The van der Waals surface area contributed by atoms with Gasteiger partial charge in [0.15, 0.2) is 0 Å². The molecule has 21 heavy (non-hydrogen) atoms. The Morgan fingerprint density at radius 3 is 2.95 bits per heavy atom. The Balaban J connectivity index is 1.57. The van der Waals surface area contributed by atoms with Gasteiger partial charge < -0.3 is 14.7 Å². The Kier molecular flexibility index (Phi) is 3.99. The second-order valence-corrected chi connectivity index (χ2v) is 7.09. The van der Waals surface area contributed by atoms with E-state index in [1.807, 2.05) is 0 Å². The third-order valence-electron chi connectivity index (χ3n) is 4.09. The smallest absolute Gasteiger partial charge is 0.306 e. The second-order valence-electron chi connectivity index (χ2n) is 5.77. The van der Waals surface area contributed by atoms with Gasteiger partial charge in [-0.15, -0.1) is 11.3 Å². The van der Waals surface area contributed by atoms with Gasteiger partial charge in [-0.25, -0.2) is 0 Å². The van der Waals surface area contributed by atoms with Crippen LogP contribution in [0.2, 0.25) is 0 Å². The number of carbonyl (C=O) groups is 2. The normalized spacial score (nSPS) is 28.4. The van der Waals surface area contributed by atoms with Crippen molar-refractivity contribution >= 4 is 23.2 Å². The van der Waals surface area contributed by atoms with Crippen LogP contribution >= 0.6 is 11.3 Å². The van der Waals surface area contributed by atoms with Gasteiger partial charge in [0, 0.05) is 34.7 Å². The molecule has 1 aromatic rings. The predicted octanol–water partition coefficient (Wildman–Crippen LogP) is 1.86. The second kappa shape index (κ2) is 5.77. The van der Waals surface area contributed by atoms with Crippen molar-refractivity contribution in [2.45, 2.75) is 31.8 Å². The summed E-state index contributed by atoms with van der Waals surface area (Å²) in [5.41, 5.74) is 0. The highest BCUT2D eigenvalue weighted by molar-refractivity contribution is 7.12. The SMILES string of the molecule is Cc1ccc([C@@H]2C[C@@H]2C(=O)N2CCO[C@H](CC(=O)O)C2)s1. The maximum absolute atomic E-state index is 12.5. The third-order valence-corrected chi connectivity index (χ3v) is 5.22. The molecule has 0 aromatic carbocycles. The Morgan fingerprint density at radius 1 is 1.48 bits per heavy atom. The molecule has 2 heterocycles. The fourth-order valence-electron chi connectivity index (χ4n) is 2.91. The van der Waals surface area contributed by atoms with Crippen LogP contribution < -0.4 is 0 Å². The average molecular weight is 309 g/mol. The van der Waals surface area contributed by atoms with Gasteiger partial charge in [-0.2, -0.15) is 0 Å². The number of amides is 1. The van der Waals surface area contributed by atoms with E-state index in [4.69, 9.17) is 9.84 Å². The van der Waals surface area contributed by atoms with Gasteiger partial charge in [0.25, 0.3) is 0 Å². The maximum Gasteiger partial charge on any atom is 0.306 e. The molecule has 3 atom stereocenters. The van der Waals surface area contributed by atoms with E-state index in [2.05, 4.69) is 19.1 Å². The zero-order valence-electron chi connectivity index (χ0n) is 11.9. The van der Waals surface area contributed by atoms with E-state index in [9.17, 15) is 9.59 Å². The predicted molar refractivity (Wildman–Crippen MR) is 78.5 cm³/mol. The van der Waals surface area contributed by atoms with E-state index in [0.29, 0.717) is 25.6 Å². The number of hydrogen-bond donors (Lipinski definition) is 1. The van der Waals surface area contributed by atoms with E-state index in [-0.39, 0.29) is 24.3 Å². The number of carbonyl (C=O) groups excluding carboxylic acids is 1. The number of thiophene rings is 1. The fourth-order valence-corrected chi connectivity index (χ4v) is 3.96. The Bertz CT molecular complexity index is 556. The van der Waals surface area contributed by atoms with Crippen LogP contribution in [0.15, 0.2) is 12.1 Å². The van der Waals surface area contributed by atoms with Gasteiger partial charge >= 0.3 is 5.97 Å². The molecule has 5 nitrogen and oxygen atoms in total. The number of carboxylic acid groups (broad SMARTS) is 1. The molecule has 1 aliphatic carbocycles. The summed E-state index contributed by atoms with van der Waals surface area (Å²) in [7, 11) is 0. The molecular formula is C15H19NO4S. The maximum atomic E-state index is 12.5. The molecule has 114 valence electrons. The minimum absolute atomic E-state index is 0.0397. The summed E-state index contributed by atoms with van der Waals surface area (Å²) in [5.74, 6) is -0.291. The first-order valence-corrected chi connectivity index (χ1v) is 8.04. The molecule has 6 heteroatoms. The first-order chi connectivity index (χ1) is 10.0. The van der Waals surface area contributed by atoms with Crippen LogP contribution in [-0.2, 0) is 14.3 Å². The number of aryl methyl sites for hydroxylation is 1. The number of carboxylic acids is 1. The highest BCUT2D eigenvalue weighted by Gasteiger charge is 2.47. The quantitative estimate of drug-likeness (QED) is 0.922. The summed E-state index contributed by atoms with van der Waals surface area (Å²) >= 11 is 1.76. The summed E-state index contributed by atoms with van der Waals surface area (Å²) in [5, 5.41) is 8.82. The molecule has 1 saturated carbocycles. The highest BCUT2D eigenvalue weighted by Crippen LogP contribution is 2.50. The van der Waals surface area contributed by atoms with Crippen LogP contribution in [0.4, 0.5) is 0 Å². The molecule has 0 radical (unpaired) electrons. The van der Waals surface area contributed by atoms with Crippen LogP contribution in [-0.4, -0.2) is 47.7 Å². The van der Waals surface area contributed by atoms with Crippen LogP contribution in [0.3, 0.4) is 0 Å². The van der Waals surface area contributed by atoms with E-state index in [0.717, 1.165) is 6.42 Å². The standard InChI is InChI=1S/C15H19NO4S/c1-9-2-3-13(21-9)11-7-12(11)15(19)16-4-5-20-10(8-16)6-14(17)18/h2-3,10-12H,4-8H2,1H3,(H,17,18)/t10-,11-,12+/m1/s1. The molecular weight excluding hydrogens is 290 g/mol. The van der Waals surface area contributed by atoms with Crippen LogP contribution in [0.25, 0.3) is 0 Å². The fraction of sp³-hybridized carbons (Fsp3) is 0.600. The minimum Gasteiger partial charge on any atom is -0.481 e. The molecule has 3 rings (SSSR count). The monoisotopic (exact) mass is 309 g/mol. The Hall–Kier alpha value is -1.40. The lowest BCUT2D eigenvalue weighted by Crippen LogP contribution is -2.47. The van der Waals surface area contributed by atoms with E-state index >= 15 is 0 Å². The van der Waals surface area contributed by atoms with Crippen molar-refractivity contribution in [3.8, 4) is 0 Å². The number of rotatable bonds is 4. The van der Waals surface area contributed by atoms with Gasteiger partial charge in [0.05, 0.1) is 19.1 Å². The number of ether oxygens (including phenoxy) is 1. The van der Waals surface area contributed by atoms with Gasteiger partial charge in [0.1, 0.15) is 0 Å². The lowest BCUT2D eigenvalue weighted by atomic mass is 10.1. The Morgan fingerprint density at radius 2 is 2.29 bits per heavy atom. The Labute approximate surface area is 127 Å². The molecule has 0 bridgehead atoms. The minimum atomic E-state index is -0.882. The van der Waals surface area contributed by atoms with E-state index in [1.165, 1.54) is 9.75 Å². The molecule has 0 spiro atoms. The third kappa shape index (κ3) is 3.27. The summed E-state index contributed by atoms with van der Waals surface area (Å²) in [6.07, 6.45) is 0.503. The van der Waals surface area contributed by atoms with Crippen molar-refractivity contribution < 1.29 is 19.4 Å². The largest absolute Gasteiger partial charge is 0.481 e. The van der Waals surface area contributed by atoms with Crippen LogP contribution in [0.5, 0.6) is 0 Å². The van der Waals surface area contributed by atoms with Crippen molar-refractivity contribution in [2.75, 3.05) is 19.7 Å². The van der Waals surface area contributed by atoms with Crippen molar-refractivity contribution in [2.24, 2.45) is 5.92 Å². The lowest BCUT2D eigenvalue weighted by Gasteiger charge is -2.32. The highest BCUT2D eigenvalue weighted by atomic mass is 32.1. The van der Waals surface area contributed by atoms with Crippen molar-refractivity contribution in [3.05, 3.63) is 21.9 Å². The lowest BCUT2D eigenvalue weighted by molar-refractivity contribution is -0.148. The molecule has 1 saturated heterocycles. The number of aliphatic carboxylic acids is 1. The first kappa shape index (κ1) is 14.5. The summed E-state index contributed by atoms with van der Waals surface area (Å²) in [6, 6.07) is 4.21. The number of hydrogen-bond acceptors (Lipinski definition) is 4. The van der Waals surface area contributed by atoms with Crippen LogP contribution in [0.1, 0.15) is 28.5 Å². The van der Waals surface area contributed by atoms with Gasteiger partial charge in [-0.3, -0.25) is 9.59 Å². The molecule has 1 amide bonds. The van der Waals surface area contributed by atoms with Crippen molar-refractivity contribution in [1.82, 2.24) is 4.90 Å². The van der Waals surface area contributed by atoms with Crippen LogP contribution in [0, 0.1) is 12.8 Å². The molecule has 1 N–H and O–H groups in total. The molecule has 0 unspecified atom stereocenters. The van der Waals surface area contributed by atoms with Gasteiger partial charge in [0.2, 0.25) is 5.91 Å². The summed E-state index contributed by atoms with van der Waals surface area (Å²) in [4.78, 5) is 27.6. The van der Waals surface area contributed by atoms with Gasteiger partial charge in [-0.05, 0) is 25.5 Å². The topological polar surface area (TPSA) is 66.8 Å². The average Bonchev–Trinajstić information content (AvgIpc) is 3.12. The van der Waals surface area contributed by atoms with E-state index in [1.54, 1.807) is 16.2 Å². The molecule has 2 fully saturated rings.